The molecule has 1 aromatic heterocycles. The van der Waals surface area contributed by atoms with Gasteiger partial charge in [0.1, 0.15) is 0 Å². The number of ether oxygens (including phenoxy) is 1. The van der Waals surface area contributed by atoms with Gasteiger partial charge in [0.25, 0.3) is 0 Å². The molecule has 1 aromatic rings. The lowest BCUT2D eigenvalue weighted by molar-refractivity contribution is 0.0937. The standard InChI is InChI=1S/C13H23N3O/c1-3-7-14-12(10-11-5-4-9-17-11)13-6-8-15-16(13)2/h6,8,11-12,14H,3-5,7,9-10H2,1-2H3. The van der Waals surface area contributed by atoms with Gasteiger partial charge in [0.2, 0.25) is 0 Å². The molecule has 17 heavy (non-hydrogen) atoms. The van der Waals surface area contributed by atoms with Gasteiger partial charge in [-0.1, -0.05) is 6.92 Å². The van der Waals surface area contributed by atoms with Gasteiger partial charge in [-0.2, -0.15) is 5.10 Å². The molecule has 2 rings (SSSR count). The maximum Gasteiger partial charge on any atom is 0.0594 e. The minimum absolute atomic E-state index is 0.366. The first-order valence-electron chi connectivity index (χ1n) is 6.64. The Hall–Kier alpha value is -0.870. The van der Waals surface area contributed by atoms with Gasteiger partial charge in [-0.15, -0.1) is 0 Å². The second-order valence-corrected chi connectivity index (χ2v) is 4.76. The van der Waals surface area contributed by atoms with E-state index in [1.807, 2.05) is 17.9 Å². The monoisotopic (exact) mass is 237 g/mol. The Morgan fingerprint density at radius 2 is 2.53 bits per heavy atom. The molecule has 0 radical (unpaired) electrons. The Morgan fingerprint density at radius 3 is 3.12 bits per heavy atom. The minimum atomic E-state index is 0.366. The average Bonchev–Trinajstić information content (AvgIpc) is 2.95. The molecular formula is C13H23N3O. The van der Waals surface area contributed by atoms with Crippen molar-refractivity contribution in [2.75, 3.05) is 13.2 Å². The number of hydrogen-bond donors (Lipinski definition) is 1. The summed E-state index contributed by atoms with van der Waals surface area (Å²) >= 11 is 0. The van der Waals surface area contributed by atoms with E-state index in [-0.39, 0.29) is 0 Å². The molecule has 0 amide bonds. The second-order valence-electron chi connectivity index (χ2n) is 4.76. The van der Waals surface area contributed by atoms with Crippen LogP contribution in [0.25, 0.3) is 0 Å². The zero-order valence-electron chi connectivity index (χ0n) is 10.9. The quantitative estimate of drug-likeness (QED) is 0.823. The van der Waals surface area contributed by atoms with Gasteiger partial charge in [0.15, 0.2) is 0 Å². The van der Waals surface area contributed by atoms with E-state index >= 15 is 0 Å². The fraction of sp³-hybridized carbons (Fsp3) is 0.769. The van der Waals surface area contributed by atoms with Crippen molar-refractivity contribution in [2.24, 2.45) is 7.05 Å². The van der Waals surface area contributed by atoms with E-state index in [9.17, 15) is 0 Å². The molecule has 96 valence electrons. The number of nitrogens with zero attached hydrogens (tertiary/aromatic N) is 2. The molecule has 1 N–H and O–H groups in total. The van der Waals surface area contributed by atoms with Crippen LogP contribution < -0.4 is 5.32 Å². The third kappa shape index (κ3) is 3.30. The fourth-order valence-corrected chi connectivity index (χ4v) is 2.45. The third-order valence-corrected chi connectivity index (χ3v) is 3.38. The van der Waals surface area contributed by atoms with Gasteiger partial charge in [-0.05, 0) is 38.3 Å². The molecule has 0 bridgehead atoms. The van der Waals surface area contributed by atoms with Crippen molar-refractivity contribution in [1.82, 2.24) is 15.1 Å². The van der Waals surface area contributed by atoms with Gasteiger partial charge >= 0.3 is 0 Å². The van der Waals surface area contributed by atoms with Crippen LogP contribution in [-0.4, -0.2) is 29.0 Å². The van der Waals surface area contributed by atoms with E-state index in [4.69, 9.17) is 4.74 Å². The van der Waals surface area contributed by atoms with Crippen LogP contribution in [0, 0.1) is 0 Å². The highest BCUT2D eigenvalue weighted by molar-refractivity contribution is 5.07. The smallest absolute Gasteiger partial charge is 0.0594 e. The van der Waals surface area contributed by atoms with Crippen molar-refractivity contribution in [2.45, 2.75) is 44.8 Å². The minimum Gasteiger partial charge on any atom is -0.378 e. The van der Waals surface area contributed by atoms with Crippen LogP contribution in [0.2, 0.25) is 0 Å². The molecule has 1 fully saturated rings. The van der Waals surface area contributed by atoms with Crippen LogP contribution in [-0.2, 0) is 11.8 Å². The maximum atomic E-state index is 5.73. The van der Waals surface area contributed by atoms with Crippen LogP contribution in [0.3, 0.4) is 0 Å². The number of aryl methyl sites for hydroxylation is 1. The largest absolute Gasteiger partial charge is 0.378 e. The molecule has 0 spiro atoms. The first-order chi connectivity index (χ1) is 8.31. The summed E-state index contributed by atoms with van der Waals surface area (Å²) in [5.74, 6) is 0. The predicted molar refractivity (Wildman–Crippen MR) is 67.8 cm³/mol. The molecule has 0 saturated carbocycles. The van der Waals surface area contributed by atoms with Crippen LogP contribution in [0.1, 0.15) is 44.3 Å². The van der Waals surface area contributed by atoms with E-state index in [0.29, 0.717) is 12.1 Å². The van der Waals surface area contributed by atoms with Gasteiger partial charge in [-0.3, -0.25) is 4.68 Å². The zero-order valence-corrected chi connectivity index (χ0v) is 10.9. The highest BCUT2D eigenvalue weighted by Gasteiger charge is 2.23. The average molecular weight is 237 g/mol. The first-order valence-corrected chi connectivity index (χ1v) is 6.64. The van der Waals surface area contributed by atoms with Crippen molar-refractivity contribution in [3.63, 3.8) is 0 Å². The molecule has 1 aliphatic heterocycles. The topological polar surface area (TPSA) is 39.1 Å². The van der Waals surface area contributed by atoms with Crippen molar-refractivity contribution in [3.05, 3.63) is 18.0 Å². The predicted octanol–water partition coefficient (Wildman–Crippen LogP) is 2.03. The molecule has 2 atom stereocenters. The summed E-state index contributed by atoms with van der Waals surface area (Å²) < 4.78 is 7.69. The summed E-state index contributed by atoms with van der Waals surface area (Å²) in [6.45, 7) is 4.17. The van der Waals surface area contributed by atoms with Crippen LogP contribution in [0.5, 0.6) is 0 Å². The van der Waals surface area contributed by atoms with Crippen LogP contribution in [0.4, 0.5) is 0 Å². The van der Waals surface area contributed by atoms with Crippen molar-refractivity contribution in [1.29, 1.82) is 0 Å². The summed E-state index contributed by atoms with van der Waals surface area (Å²) in [6.07, 6.45) is 6.89. The molecule has 1 saturated heterocycles. The van der Waals surface area contributed by atoms with E-state index in [2.05, 4.69) is 23.4 Å². The SMILES string of the molecule is CCCNC(CC1CCCO1)c1ccnn1C. The molecule has 2 unspecified atom stereocenters. The Labute approximate surface area is 103 Å². The summed E-state index contributed by atoms with van der Waals surface area (Å²) in [6, 6.07) is 2.47. The van der Waals surface area contributed by atoms with Gasteiger partial charge < -0.3 is 10.1 Å². The molecule has 0 aromatic carbocycles. The summed E-state index contributed by atoms with van der Waals surface area (Å²) in [4.78, 5) is 0. The highest BCUT2D eigenvalue weighted by Crippen LogP contribution is 2.24. The Kier molecular flexibility index (Phi) is 4.57. The van der Waals surface area contributed by atoms with E-state index in [0.717, 1.165) is 26.0 Å². The Balaban J connectivity index is 1.99. The highest BCUT2D eigenvalue weighted by atomic mass is 16.5. The van der Waals surface area contributed by atoms with Crippen LogP contribution in [0.15, 0.2) is 12.3 Å². The summed E-state index contributed by atoms with van der Waals surface area (Å²) in [7, 11) is 2.01. The van der Waals surface area contributed by atoms with E-state index in [1.165, 1.54) is 18.5 Å². The number of nitrogens with one attached hydrogen (secondary N) is 1. The van der Waals surface area contributed by atoms with Crippen molar-refractivity contribution < 1.29 is 4.74 Å². The molecule has 4 nitrogen and oxygen atoms in total. The Morgan fingerprint density at radius 1 is 1.65 bits per heavy atom. The first kappa shape index (κ1) is 12.6. The molecule has 4 heteroatoms. The van der Waals surface area contributed by atoms with Gasteiger partial charge in [-0.25, -0.2) is 0 Å². The summed E-state index contributed by atoms with van der Waals surface area (Å²) in [5, 5.41) is 7.85. The van der Waals surface area contributed by atoms with Crippen LogP contribution >= 0.6 is 0 Å². The second kappa shape index (κ2) is 6.17. The Bertz CT molecular complexity index is 331. The molecule has 1 aliphatic rings. The fourth-order valence-electron chi connectivity index (χ4n) is 2.45. The number of aromatic nitrogens is 2. The van der Waals surface area contributed by atoms with Crippen molar-refractivity contribution >= 4 is 0 Å². The lowest BCUT2D eigenvalue weighted by Gasteiger charge is -2.21. The molecule has 0 aliphatic carbocycles. The molecule has 2 heterocycles. The lowest BCUT2D eigenvalue weighted by Crippen LogP contribution is -2.27. The van der Waals surface area contributed by atoms with E-state index in [1.54, 1.807) is 0 Å². The lowest BCUT2D eigenvalue weighted by atomic mass is 10.0. The van der Waals surface area contributed by atoms with E-state index < -0.39 is 0 Å². The van der Waals surface area contributed by atoms with Gasteiger partial charge in [0, 0.05) is 19.9 Å². The third-order valence-electron chi connectivity index (χ3n) is 3.38. The van der Waals surface area contributed by atoms with Gasteiger partial charge in [0.05, 0.1) is 17.8 Å². The summed E-state index contributed by atoms with van der Waals surface area (Å²) in [5.41, 5.74) is 1.26. The number of rotatable bonds is 6. The zero-order chi connectivity index (χ0) is 12.1. The molecular weight excluding hydrogens is 214 g/mol. The normalized spacial score (nSPS) is 21.9. The van der Waals surface area contributed by atoms with Crippen molar-refractivity contribution in [3.8, 4) is 0 Å². The maximum absolute atomic E-state index is 5.73. The number of hydrogen-bond acceptors (Lipinski definition) is 3.